The lowest BCUT2D eigenvalue weighted by Gasteiger charge is -2.13. The van der Waals surface area contributed by atoms with E-state index < -0.39 is 0 Å². The zero-order chi connectivity index (χ0) is 22.2. The number of nitrogens with one attached hydrogen (secondary N) is 1. The largest absolute Gasteiger partial charge is 0.457 e. The molecule has 1 amide bonds. The van der Waals surface area contributed by atoms with Crippen LogP contribution >= 0.6 is 0 Å². The van der Waals surface area contributed by atoms with Gasteiger partial charge in [0, 0.05) is 24.4 Å². The summed E-state index contributed by atoms with van der Waals surface area (Å²) in [4.78, 5) is 17.3. The van der Waals surface area contributed by atoms with Crippen molar-refractivity contribution in [1.82, 2.24) is 4.98 Å². The van der Waals surface area contributed by atoms with Crippen LogP contribution in [-0.4, -0.2) is 23.6 Å². The molecule has 2 aromatic carbocycles. The Hall–Kier alpha value is -3.18. The van der Waals surface area contributed by atoms with Crippen LogP contribution in [0.25, 0.3) is 0 Å². The lowest BCUT2D eigenvalue weighted by molar-refractivity contribution is 0.0761. The van der Waals surface area contributed by atoms with E-state index in [0.717, 1.165) is 30.0 Å². The Morgan fingerprint density at radius 1 is 1.03 bits per heavy atom. The highest BCUT2D eigenvalue weighted by Crippen LogP contribution is 2.24. The minimum atomic E-state index is -0.182. The molecule has 3 rings (SSSR count). The average molecular weight is 419 g/mol. The zero-order valence-electron chi connectivity index (χ0n) is 18.6. The minimum Gasteiger partial charge on any atom is -0.457 e. The Morgan fingerprint density at radius 2 is 1.81 bits per heavy atom. The van der Waals surface area contributed by atoms with Gasteiger partial charge >= 0.3 is 0 Å². The first-order valence-corrected chi connectivity index (χ1v) is 10.7. The predicted molar refractivity (Wildman–Crippen MR) is 124 cm³/mol. The Balaban J connectivity index is 1.62. The number of ether oxygens (including phenoxy) is 2. The summed E-state index contributed by atoms with van der Waals surface area (Å²) in [6.07, 6.45) is 1.78. The first kappa shape index (κ1) is 22.5. The molecule has 31 heavy (non-hydrogen) atoms. The van der Waals surface area contributed by atoms with Crippen LogP contribution in [0.1, 0.15) is 48.1 Å². The summed E-state index contributed by atoms with van der Waals surface area (Å²) in [5.41, 5.74) is 4.11. The fraction of sp³-hybridized carbons (Fsp3) is 0.308. The van der Waals surface area contributed by atoms with Gasteiger partial charge in [-0.25, -0.2) is 0 Å². The number of hydrogen-bond donors (Lipinski definition) is 1. The smallest absolute Gasteiger partial charge is 0.257 e. The third-order valence-corrected chi connectivity index (χ3v) is 4.99. The number of aryl methyl sites for hydroxylation is 2. The Bertz CT molecular complexity index is 1020. The molecule has 3 aromatic rings. The van der Waals surface area contributed by atoms with Gasteiger partial charge in [0.15, 0.2) is 0 Å². The minimum absolute atomic E-state index is 0.0988. The molecule has 5 nitrogen and oxygen atoms in total. The lowest BCUT2D eigenvalue weighted by atomic mass is 10.1. The number of nitrogens with zero attached hydrogens (tertiary/aromatic N) is 1. The molecule has 162 valence electrons. The quantitative estimate of drug-likeness (QED) is 0.465. The molecular weight excluding hydrogens is 388 g/mol. The van der Waals surface area contributed by atoms with Gasteiger partial charge in [-0.3, -0.25) is 9.78 Å². The highest BCUT2D eigenvalue weighted by atomic mass is 16.5. The number of benzene rings is 2. The van der Waals surface area contributed by atoms with E-state index in [2.05, 4.69) is 23.3 Å². The molecule has 1 aromatic heterocycles. The third-order valence-electron chi connectivity index (χ3n) is 4.99. The third kappa shape index (κ3) is 6.40. The van der Waals surface area contributed by atoms with Crippen molar-refractivity contribution >= 4 is 11.6 Å². The van der Waals surface area contributed by atoms with E-state index in [1.165, 1.54) is 5.56 Å². The van der Waals surface area contributed by atoms with Crippen molar-refractivity contribution in [3.63, 3.8) is 0 Å². The SMILES string of the molecule is CCOC(C)Cc1ccc(C(=O)Nc2ccc(Oc3cccc(CC)c3)cc2)c(C)n1. The van der Waals surface area contributed by atoms with E-state index in [4.69, 9.17) is 9.47 Å². The number of carbonyl (C=O) groups excluding carboxylic acids is 1. The van der Waals surface area contributed by atoms with Crippen molar-refractivity contribution in [3.05, 3.63) is 83.2 Å². The number of rotatable bonds is 9. The lowest BCUT2D eigenvalue weighted by Crippen LogP contribution is -2.16. The summed E-state index contributed by atoms with van der Waals surface area (Å²) in [6, 6.07) is 19.1. The number of anilines is 1. The maximum atomic E-state index is 12.7. The summed E-state index contributed by atoms with van der Waals surface area (Å²) in [5, 5.41) is 2.93. The number of aromatic nitrogens is 1. The monoisotopic (exact) mass is 418 g/mol. The van der Waals surface area contributed by atoms with Crippen LogP contribution in [0.2, 0.25) is 0 Å². The van der Waals surface area contributed by atoms with Gasteiger partial charge in [0.25, 0.3) is 5.91 Å². The van der Waals surface area contributed by atoms with Crippen LogP contribution < -0.4 is 10.1 Å². The zero-order valence-corrected chi connectivity index (χ0v) is 18.6. The second-order valence-electron chi connectivity index (χ2n) is 7.49. The number of carbonyl (C=O) groups is 1. The van der Waals surface area contributed by atoms with Crippen LogP contribution in [0, 0.1) is 6.92 Å². The molecule has 1 N–H and O–H groups in total. The maximum absolute atomic E-state index is 12.7. The van der Waals surface area contributed by atoms with E-state index in [1.807, 2.05) is 75.4 Å². The first-order valence-electron chi connectivity index (χ1n) is 10.7. The molecule has 0 bridgehead atoms. The molecule has 0 spiro atoms. The maximum Gasteiger partial charge on any atom is 0.257 e. The fourth-order valence-corrected chi connectivity index (χ4v) is 3.37. The molecule has 1 unspecified atom stereocenters. The highest BCUT2D eigenvalue weighted by Gasteiger charge is 2.13. The predicted octanol–water partition coefficient (Wildman–Crippen LogP) is 5.96. The number of amides is 1. The summed E-state index contributed by atoms with van der Waals surface area (Å²) < 4.78 is 11.5. The normalized spacial score (nSPS) is 11.7. The van der Waals surface area contributed by atoms with Gasteiger partial charge in [-0.1, -0.05) is 19.1 Å². The van der Waals surface area contributed by atoms with E-state index in [0.29, 0.717) is 23.6 Å². The molecule has 1 heterocycles. The molecule has 0 aliphatic rings. The Labute approximate surface area is 184 Å². The van der Waals surface area contributed by atoms with Crippen LogP contribution in [0.5, 0.6) is 11.5 Å². The molecule has 5 heteroatoms. The molecular formula is C26H30N2O3. The van der Waals surface area contributed by atoms with Crippen LogP contribution in [0.3, 0.4) is 0 Å². The molecule has 0 fully saturated rings. The van der Waals surface area contributed by atoms with Gasteiger partial charge in [0.1, 0.15) is 11.5 Å². The Kier molecular flexibility index (Phi) is 7.79. The van der Waals surface area contributed by atoms with E-state index in [9.17, 15) is 4.79 Å². The summed E-state index contributed by atoms with van der Waals surface area (Å²) in [5.74, 6) is 1.34. The van der Waals surface area contributed by atoms with E-state index >= 15 is 0 Å². The standard InChI is InChI=1S/C26H30N2O3/c1-5-20-8-7-9-24(17-20)31-23-13-10-21(11-14-23)28-26(29)25-15-12-22(27-19(25)4)16-18(3)30-6-2/h7-15,17-18H,5-6,16H2,1-4H3,(H,28,29). The molecule has 0 aliphatic carbocycles. The Morgan fingerprint density at radius 3 is 2.48 bits per heavy atom. The van der Waals surface area contributed by atoms with Gasteiger partial charge in [0.05, 0.1) is 17.4 Å². The van der Waals surface area contributed by atoms with Crippen LogP contribution in [0.4, 0.5) is 5.69 Å². The second-order valence-corrected chi connectivity index (χ2v) is 7.49. The van der Waals surface area contributed by atoms with Gasteiger partial charge in [-0.05, 0) is 81.3 Å². The average Bonchev–Trinajstić information content (AvgIpc) is 2.75. The second kappa shape index (κ2) is 10.7. The van der Waals surface area contributed by atoms with Gasteiger partial charge in [-0.2, -0.15) is 0 Å². The highest BCUT2D eigenvalue weighted by molar-refractivity contribution is 6.05. The van der Waals surface area contributed by atoms with Crippen molar-refractivity contribution in [2.24, 2.45) is 0 Å². The van der Waals surface area contributed by atoms with Gasteiger partial charge < -0.3 is 14.8 Å². The van der Waals surface area contributed by atoms with Crippen molar-refractivity contribution in [1.29, 1.82) is 0 Å². The van der Waals surface area contributed by atoms with Crippen molar-refractivity contribution in [2.75, 3.05) is 11.9 Å². The molecule has 1 atom stereocenters. The molecule has 0 radical (unpaired) electrons. The number of pyridine rings is 1. The summed E-state index contributed by atoms with van der Waals surface area (Å²) >= 11 is 0. The number of hydrogen-bond acceptors (Lipinski definition) is 4. The fourth-order valence-electron chi connectivity index (χ4n) is 3.37. The van der Waals surface area contributed by atoms with Crippen molar-refractivity contribution in [2.45, 2.75) is 46.6 Å². The molecule has 0 saturated heterocycles. The summed E-state index contributed by atoms with van der Waals surface area (Å²) in [6.45, 7) is 8.64. The van der Waals surface area contributed by atoms with Crippen molar-refractivity contribution < 1.29 is 14.3 Å². The van der Waals surface area contributed by atoms with E-state index in [1.54, 1.807) is 0 Å². The molecule has 0 aliphatic heterocycles. The van der Waals surface area contributed by atoms with Gasteiger partial charge in [-0.15, -0.1) is 0 Å². The van der Waals surface area contributed by atoms with Crippen LogP contribution in [-0.2, 0) is 17.6 Å². The molecule has 0 saturated carbocycles. The first-order chi connectivity index (χ1) is 15.0. The topological polar surface area (TPSA) is 60.5 Å². The van der Waals surface area contributed by atoms with Crippen molar-refractivity contribution in [3.8, 4) is 11.5 Å². The summed E-state index contributed by atoms with van der Waals surface area (Å²) in [7, 11) is 0. The van der Waals surface area contributed by atoms with Gasteiger partial charge in [0.2, 0.25) is 0 Å². The van der Waals surface area contributed by atoms with E-state index in [-0.39, 0.29) is 12.0 Å². The van der Waals surface area contributed by atoms with Crippen LogP contribution in [0.15, 0.2) is 60.7 Å².